The number of benzene rings is 1. The standard InChI is InChI=1S/C20H21FN4O2/c1-14-10-17(5-6-18(14)27-2)25-9-8-23-19(25)20(26)24-7-3-4-15-11-16(21)13-22-12-15/h5-6,8-13H,3-4,7H2,1-2H3,(H,24,26)/p+1. The van der Waals surface area contributed by atoms with Crippen LogP contribution < -0.4 is 14.6 Å². The van der Waals surface area contributed by atoms with Crippen molar-refractivity contribution in [3.05, 3.63) is 71.8 Å². The molecule has 0 radical (unpaired) electrons. The molecule has 1 amide bonds. The van der Waals surface area contributed by atoms with Gasteiger partial charge in [0.1, 0.15) is 29.6 Å². The van der Waals surface area contributed by atoms with Gasteiger partial charge in [0.15, 0.2) is 0 Å². The number of aromatic amines is 1. The average Bonchev–Trinajstić information content (AvgIpc) is 3.15. The highest BCUT2D eigenvalue weighted by atomic mass is 19.1. The summed E-state index contributed by atoms with van der Waals surface area (Å²) in [4.78, 5) is 19.3. The Morgan fingerprint density at radius 1 is 1.33 bits per heavy atom. The summed E-state index contributed by atoms with van der Waals surface area (Å²) in [5.41, 5.74) is 2.66. The number of amides is 1. The van der Waals surface area contributed by atoms with Crippen molar-refractivity contribution in [2.45, 2.75) is 19.8 Å². The minimum Gasteiger partial charge on any atom is -0.496 e. The van der Waals surface area contributed by atoms with Gasteiger partial charge in [-0.25, -0.2) is 9.37 Å². The van der Waals surface area contributed by atoms with Crippen molar-refractivity contribution in [3.63, 3.8) is 0 Å². The molecule has 2 N–H and O–H groups in total. The monoisotopic (exact) mass is 369 g/mol. The second kappa shape index (κ2) is 8.44. The maximum atomic E-state index is 13.1. The Morgan fingerprint density at radius 2 is 2.19 bits per heavy atom. The van der Waals surface area contributed by atoms with E-state index in [4.69, 9.17) is 4.74 Å². The van der Waals surface area contributed by atoms with Crippen LogP contribution >= 0.6 is 0 Å². The molecule has 0 atom stereocenters. The topological polar surface area (TPSA) is 70.9 Å². The Hall–Kier alpha value is -3.22. The molecule has 6 nitrogen and oxygen atoms in total. The van der Waals surface area contributed by atoms with Crippen LogP contribution in [0.5, 0.6) is 5.75 Å². The van der Waals surface area contributed by atoms with Gasteiger partial charge in [-0.1, -0.05) is 0 Å². The lowest BCUT2D eigenvalue weighted by molar-refractivity contribution is -0.596. The number of H-pyrrole nitrogens is 1. The number of rotatable bonds is 7. The number of aryl methyl sites for hydroxylation is 2. The van der Waals surface area contributed by atoms with Crippen molar-refractivity contribution < 1.29 is 18.5 Å². The number of imidazole rings is 1. The normalized spacial score (nSPS) is 10.6. The Morgan fingerprint density at radius 3 is 2.93 bits per heavy atom. The molecule has 0 aliphatic heterocycles. The van der Waals surface area contributed by atoms with E-state index in [0.29, 0.717) is 25.2 Å². The van der Waals surface area contributed by atoms with Crippen LogP contribution in [0.2, 0.25) is 0 Å². The molecule has 0 aliphatic rings. The average molecular weight is 369 g/mol. The smallest absolute Gasteiger partial charge is 0.350 e. The first-order valence-electron chi connectivity index (χ1n) is 8.70. The Labute approximate surface area is 157 Å². The lowest BCUT2D eigenvalue weighted by atomic mass is 10.1. The molecule has 7 heteroatoms. The maximum absolute atomic E-state index is 13.1. The van der Waals surface area contributed by atoms with Crippen LogP contribution in [0.25, 0.3) is 5.69 Å². The third-order valence-corrected chi connectivity index (χ3v) is 4.25. The Bertz CT molecular complexity index is 939. The Kier molecular flexibility index (Phi) is 5.80. The van der Waals surface area contributed by atoms with Crippen molar-refractivity contribution >= 4 is 5.91 Å². The van der Waals surface area contributed by atoms with Crippen LogP contribution in [0.3, 0.4) is 0 Å². The highest BCUT2D eigenvalue weighted by Gasteiger charge is 2.21. The third kappa shape index (κ3) is 4.49. The van der Waals surface area contributed by atoms with E-state index in [0.717, 1.165) is 22.6 Å². The van der Waals surface area contributed by atoms with Crippen molar-refractivity contribution in [1.82, 2.24) is 15.3 Å². The van der Waals surface area contributed by atoms with E-state index in [1.165, 1.54) is 12.3 Å². The van der Waals surface area contributed by atoms with E-state index >= 15 is 0 Å². The van der Waals surface area contributed by atoms with Gasteiger partial charge >= 0.3 is 11.7 Å². The van der Waals surface area contributed by atoms with E-state index in [1.54, 1.807) is 30.3 Å². The minimum absolute atomic E-state index is 0.203. The Balaban J connectivity index is 1.61. The van der Waals surface area contributed by atoms with E-state index in [2.05, 4.69) is 15.3 Å². The molecule has 0 saturated carbocycles. The van der Waals surface area contributed by atoms with Gasteiger partial charge in [-0.3, -0.25) is 9.78 Å². The second-order valence-corrected chi connectivity index (χ2v) is 6.20. The zero-order valence-corrected chi connectivity index (χ0v) is 15.3. The van der Waals surface area contributed by atoms with Gasteiger partial charge in [0.2, 0.25) is 0 Å². The minimum atomic E-state index is -0.348. The number of ether oxygens (including phenoxy) is 1. The number of pyridine rings is 1. The molecule has 2 aromatic heterocycles. The number of carbonyl (C=O) groups excluding carboxylic acids is 1. The molecular formula is C20H22FN4O2+. The number of halogens is 1. The number of nitrogens with one attached hydrogen (secondary N) is 2. The molecule has 0 aliphatic carbocycles. The quantitative estimate of drug-likeness (QED) is 0.497. The van der Waals surface area contributed by atoms with Gasteiger partial charge in [0.25, 0.3) is 0 Å². The molecule has 140 valence electrons. The SMILES string of the molecule is COc1ccc(-[n+]2cc[nH]c2C(=O)NCCCc2cncc(F)c2)cc1C. The van der Waals surface area contributed by atoms with Crippen LogP contribution in [0.4, 0.5) is 4.39 Å². The molecule has 3 rings (SSSR count). The predicted molar refractivity (Wildman–Crippen MR) is 98.5 cm³/mol. The molecule has 3 aromatic rings. The third-order valence-electron chi connectivity index (χ3n) is 4.25. The highest BCUT2D eigenvalue weighted by molar-refractivity contribution is 5.89. The first-order valence-corrected chi connectivity index (χ1v) is 8.70. The van der Waals surface area contributed by atoms with Crippen molar-refractivity contribution in [2.75, 3.05) is 13.7 Å². The summed E-state index contributed by atoms with van der Waals surface area (Å²) in [6, 6.07) is 7.19. The zero-order valence-electron chi connectivity index (χ0n) is 15.3. The van der Waals surface area contributed by atoms with E-state index in [-0.39, 0.29) is 11.7 Å². The fourth-order valence-electron chi connectivity index (χ4n) is 2.91. The number of methoxy groups -OCH3 is 1. The number of aromatic nitrogens is 3. The van der Waals surface area contributed by atoms with Crippen LogP contribution in [-0.4, -0.2) is 29.5 Å². The van der Waals surface area contributed by atoms with Crippen LogP contribution in [-0.2, 0) is 6.42 Å². The molecule has 0 saturated heterocycles. The fraction of sp³-hybridized carbons (Fsp3) is 0.250. The van der Waals surface area contributed by atoms with Crippen LogP contribution in [0.15, 0.2) is 49.1 Å². The van der Waals surface area contributed by atoms with Gasteiger partial charge in [-0.15, -0.1) is 0 Å². The lowest BCUT2D eigenvalue weighted by Crippen LogP contribution is -2.40. The van der Waals surface area contributed by atoms with Gasteiger partial charge in [0.05, 0.1) is 13.3 Å². The molecule has 0 fully saturated rings. The van der Waals surface area contributed by atoms with Crippen LogP contribution in [0, 0.1) is 12.7 Å². The number of carbonyl (C=O) groups is 1. The summed E-state index contributed by atoms with van der Waals surface area (Å²) in [6.07, 6.45) is 7.67. The molecule has 27 heavy (non-hydrogen) atoms. The molecule has 0 unspecified atom stereocenters. The second-order valence-electron chi connectivity index (χ2n) is 6.20. The summed E-state index contributed by atoms with van der Waals surface area (Å²) < 4.78 is 20.2. The largest absolute Gasteiger partial charge is 0.496 e. The lowest BCUT2D eigenvalue weighted by Gasteiger charge is -2.07. The molecular weight excluding hydrogens is 347 g/mol. The highest BCUT2D eigenvalue weighted by Crippen LogP contribution is 2.18. The summed E-state index contributed by atoms with van der Waals surface area (Å²) in [5.74, 6) is 0.685. The van der Waals surface area contributed by atoms with Crippen molar-refractivity contribution in [3.8, 4) is 11.4 Å². The zero-order chi connectivity index (χ0) is 19.2. The van der Waals surface area contributed by atoms with E-state index in [1.807, 2.05) is 25.1 Å². The van der Waals surface area contributed by atoms with Gasteiger partial charge in [-0.05, 0) is 55.2 Å². The summed E-state index contributed by atoms with van der Waals surface area (Å²) in [7, 11) is 1.63. The predicted octanol–water partition coefficient (Wildman–Crippen LogP) is 2.51. The molecule has 2 heterocycles. The first kappa shape index (κ1) is 18.6. The van der Waals surface area contributed by atoms with E-state index < -0.39 is 0 Å². The van der Waals surface area contributed by atoms with Gasteiger partial charge in [-0.2, -0.15) is 4.57 Å². The van der Waals surface area contributed by atoms with Gasteiger partial charge < -0.3 is 10.1 Å². The fourth-order valence-corrected chi connectivity index (χ4v) is 2.91. The summed E-state index contributed by atoms with van der Waals surface area (Å²) in [6.45, 7) is 2.44. The van der Waals surface area contributed by atoms with Crippen molar-refractivity contribution in [1.29, 1.82) is 0 Å². The number of hydrogen-bond donors (Lipinski definition) is 2. The summed E-state index contributed by atoms with van der Waals surface area (Å²) >= 11 is 0. The maximum Gasteiger partial charge on any atom is 0.350 e. The molecule has 0 spiro atoms. The van der Waals surface area contributed by atoms with Crippen molar-refractivity contribution in [2.24, 2.45) is 0 Å². The summed E-state index contributed by atoms with van der Waals surface area (Å²) in [5, 5.41) is 2.89. The molecule has 0 bridgehead atoms. The van der Waals surface area contributed by atoms with Gasteiger partial charge in [0, 0.05) is 12.7 Å². The first-order chi connectivity index (χ1) is 13.1. The number of hydrogen-bond acceptors (Lipinski definition) is 3. The van der Waals surface area contributed by atoms with Crippen LogP contribution in [0.1, 0.15) is 28.2 Å². The van der Waals surface area contributed by atoms with E-state index in [9.17, 15) is 9.18 Å². The molecule has 1 aromatic carbocycles. The number of nitrogens with zero attached hydrogens (tertiary/aromatic N) is 2.